The molecule has 0 aromatic carbocycles. The molecule has 1 unspecified atom stereocenters. The number of rotatable bonds is 9. The summed E-state index contributed by atoms with van der Waals surface area (Å²) in [7, 11) is 1.96. The molecule has 0 saturated carbocycles. The fraction of sp³-hybridized carbons (Fsp3) is 0.600. The van der Waals surface area contributed by atoms with Crippen molar-refractivity contribution in [2.45, 2.75) is 38.6 Å². The van der Waals surface area contributed by atoms with Gasteiger partial charge in [-0.2, -0.15) is 5.10 Å². The first kappa shape index (κ1) is 19.9. The number of hydrogen-bond acceptors (Lipinski definition) is 4. The molecular weight excluding hydrogens is 356 g/mol. The number of guanidine groups is 1. The Labute approximate surface area is 166 Å². The monoisotopic (exact) mass is 388 g/mol. The number of nitrogens with one attached hydrogen (secondary N) is 2. The van der Waals surface area contributed by atoms with Crippen molar-refractivity contribution < 1.29 is 0 Å². The molecular formula is C20H32N6S. The number of likely N-dealkylation sites (tertiary alicyclic amines) is 1. The standard InChI is InChI=1S/C20H32N6S/c1-3-21-20(22-10-6-8-17-14-24-25(2)16-17)23-15-18(19-9-7-13-27-19)26-11-4-5-12-26/h7,9,13-14,16,18H,3-6,8,10-12,15H2,1-2H3,(H2,21,22,23). The minimum absolute atomic E-state index is 0.401. The Morgan fingerprint density at radius 3 is 2.85 bits per heavy atom. The van der Waals surface area contributed by atoms with Crippen LogP contribution in [-0.4, -0.2) is 53.4 Å². The second-order valence-corrected chi connectivity index (χ2v) is 8.03. The van der Waals surface area contributed by atoms with Gasteiger partial charge in [0.05, 0.1) is 18.8 Å². The molecule has 6 nitrogen and oxygen atoms in total. The van der Waals surface area contributed by atoms with Crippen LogP contribution in [0.4, 0.5) is 0 Å². The largest absolute Gasteiger partial charge is 0.357 e. The van der Waals surface area contributed by atoms with Crippen LogP contribution in [0.3, 0.4) is 0 Å². The highest BCUT2D eigenvalue weighted by Crippen LogP contribution is 2.28. The number of aliphatic imine (C=N–C) groups is 1. The van der Waals surface area contributed by atoms with Gasteiger partial charge in [-0.15, -0.1) is 11.3 Å². The van der Waals surface area contributed by atoms with Gasteiger partial charge in [-0.05, 0) is 62.7 Å². The van der Waals surface area contributed by atoms with Crippen LogP contribution in [0.15, 0.2) is 34.9 Å². The van der Waals surface area contributed by atoms with Gasteiger partial charge in [-0.25, -0.2) is 0 Å². The molecule has 3 heterocycles. The maximum absolute atomic E-state index is 4.91. The average Bonchev–Trinajstić information content (AvgIpc) is 3.42. The summed E-state index contributed by atoms with van der Waals surface area (Å²) < 4.78 is 1.86. The lowest BCUT2D eigenvalue weighted by atomic mass is 10.2. The Balaban J connectivity index is 1.53. The normalized spacial score (nSPS) is 16.6. The van der Waals surface area contributed by atoms with Gasteiger partial charge in [-0.3, -0.25) is 14.6 Å². The van der Waals surface area contributed by atoms with E-state index < -0.39 is 0 Å². The minimum Gasteiger partial charge on any atom is -0.357 e. The third-order valence-corrected chi connectivity index (χ3v) is 5.89. The van der Waals surface area contributed by atoms with Crippen LogP contribution in [0.5, 0.6) is 0 Å². The van der Waals surface area contributed by atoms with Crippen molar-refractivity contribution in [2.75, 3.05) is 32.7 Å². The Hall–Kier alpha value is -1.86. The first-order valence-corrected chi connectivity index (χ1v) is 10.9. The van der Waals surface area contributed by atoms with E-state index in [2.05, 4.69) is 51.3 Å². The molecule has 0 amide bonds. The van der Waals surface area contributed by atoms with E-state index in [9.17, 15) is 0 Å². The molecule has 0 bridgehead atoms. The van der Waals surface area contributed by atoms with Crippen LogP contribution < -0.4 is 10.6 Å². The highest BCUT2D eigenvalue weighted by atomic mass is 32.1. The predicted molar refractivity (Wildman–Crippen MR) is 113 cm³/mol. The summed E-state index contributed by atoms with van der Waals surface area (Å²) in [5, 5.41) is 13.3. The molecule has 7 heteroatoms. The molecule has 0 aliphatic carbocycles. The van der Waals surface area contributed by atoms with E-state index in [4.69, 9.17) is 4.99 Å². The van der Waals surface area contributed by atoms with E-state index in [-0.39, 0.29) is 0 Å². The SMILES string of the molecule is CCNC(=NCC(c1cccs1)N1CCCC1)NCCCc1cnn(C)c1. The minimum atomic E-state index is 0.401. The van der Waals surface area contributed by atoms with Gasteiger partial charge < -0.3 is 10.6 Å². The molecule has 2 aromatic rings. The van der Waals surface area contributed by atoms with Crippen LogP contribution in [0.25, 0.3) is 0 Å². The number of aromatic nitrogens is 2. The molecule has 1 aliphatic rings. The molecule has 3 rings (SSSR count). The van der Waals surface area contributed by atoms with E-state index in [1.807, 2.05) is 29.3 Å². The molecule has 1 atom stereocenters. The highest BCUT2D eigenvalue weighted by Gasteiger charge is 2.24. The topological polar surface area (TPSA) is 57.5 Å². The van der Waals surface area contributed by atoms with Crippen molar-refractivity contribution in [1.29, 1.82) is 0 Å². The predicted octanol–water partition coefficient (Wildman–Crippen LogP) is 2.81. The zero-order chi connectivity index (χ0) is 18.9. The average molecular weight is 389 g/mol. The molecule has 148 valence electrons. The van der Waals surface area contributed by atoms with Gasteiger partial charge in [0.25, 0.3) is 0 Å². The smallest absolute Gasteiger partial charge is 0.191 e. The van der Waals surface area contributed by atoms with Gasteiger partial charge in [0, 0.05) is 31.2 Å². The number of thiophene rings is 1. The van der Waals surface area contributed by atoms with Gasteiger partial charge in [0.2, 0.25) is 0 Å². The summed E-state index contributed by atoms with van der Waals surface area (Å²) >= 11 is 1.84. The van der Waals surface area contributed by atoms with Crippen LogP contribution in [0, 0.1) is 0 Å². The molecule has 27 heavy (non-hydrogen) atoms. The van der Waals surface area contributed by atoms with Crippen LogP contribution in [0.2, 0.25) is 0 Å². The van der Waals surface area contributed by atoms with E-state index in [1.165, 1.54) is 36.4 Å². The number of hydrogen-bond donors (Lipinski definition) is 2. The fourth-order valence-corrected chi connectivity index (χ4v) is 4.39. The Morgan fingerprint density at radius 2 is 2.19 bits per heavy atom. The Bertz CT molecular complexity index is 687. The number of aryl methyl sites for hydroxylation is 2. The lowest BCUT2D eigenvalue weighted by Gasteiger charge is -2.25. The summed E-state index contributed by atoms with van der Waals surface area (Å²) in [5.41, 5.74) is 1.29. The molecule has 0 radical (unpaired) electrons. The van der Waals surface area contributed by atoms with Crippen molar-refractivity contribution in [1.82, 2.24) is 25.3 Å². The van der Waals surface area contributed by atoms with Crippen molar-refractivity contribution in [3.05, 3.63) is 40.3 Å². The summed E-state index contributed by atoms with van der Waals surface area (Å²) in [4.78, 5) is 8.91. The highest BCUT2D eigenvalue weighted by molar-refractivity contribution is 7.10. The molecule has 0 spiro atoms. The van der Waals surface area contributed by atoms with Gasteiger partial charge in [0.1, 0.15) is 0 Å². The summed E-state index contributed by atoms with van der Waals surface area (Å²) in [6.45, 7) is 7.08. The van der Waals surface area contributed by atoms with Crippen molar-refractivity contribution in [3.8, 4) is 0 Å². The fourth-order valence-electron chi connectivity index (χ4n) is 3.54. The van der Waals surface area contributed by atoms with Crippen molar-refractivity contribution >= 4 is 17.3 Å². The van der Waals surface area contributed by atoms with E-state index in [0.29, 0.717) is 6.04 Å². The third kappa shape index (κ3) is 6.07. The van der Waals surface area contributed by atoms with Crippen molar-refractivity contribution in [3.63, 3.8) is 0 Å². The molecule has 1 aliphatic heterocycles. The van der Waals surface area contributed by atoms with E-state index in [1.54, 1.807) is 0 Å². The quantitative estimate of drug-likeness (QED) is 0.394. The molecule has 2 aromatic heterocycles. The summed E-state index contributed by atoms with van der Waals surface area (Å²) in [5.74, 6) is 0.921. The van der Waals surface area contributed by atoms with Crippen LogP contribution >= 0.6 is 11.3 Å². The van der Waals surface area contributed by atoms with Crippen LogP contribution in [0.1, 0.15) is 42.7 Å². The Kier molecular flexibility index (Phi) is 7.71. The van der Waals surface area contributed by atoms with Gasteiger partial charge >= 0.3 is 0 Å². The maximum atomic E-state index is 4.91. The number of nitrogens with zero attached hydrogens (tertiary/aromatic N) is 4. The second-order valence-electron chi connectivity index (χ2n) is 7.05. The maximum Gasteiger partial charge on any atom is 0.191 e. The Morgan fingerprint density at radius 1 is 1.33 bits per heavy atom. The first-order valence-electron chi connectivity index (χ1n) is 10.0. The summed E-state index contributed by atoms with van der Waals surface area (Å²) in [6, 6.07) is 4.80. The lowest BCUT2D eigenvalue weighted by molar-refractivity contribution is 0.255. The zero-order valence-corrected chi connectivity index (χ0v) is 17.3. The third-order valence-electron chi connectivity index (χ3n) is 4.91. The van der Waals surface area contributed by atoms with Gasteiger partial charge in [0.15, 0.2) is 5.96 Å². The van der Waals surface area contributed by atoms with Gasteiger partial charge in [-0.1, -0.05) is 6.07 Å². The zero-order valence-electron chi connectivity index (χ0n) is 16.5. The lowest BCUT2D eigenvalue weighted by Crippen LogP contribution is -2.39. The molecule has 2 N–H and O–H groups in total. The van der Waals surface area contributed by atoms with Crippen molar-refractivity contribution in [2.24, 2.45) is 12.0 Å². The summed E-state index contributed by atoms with van der Waals surface area (Å²) in [6.07, 6.45) is 8.74. The van der Waals surface area contributed by atoms with E-state index >= 15 is 0 Å². The van der Waals surface area contributed by atoms with E-state index in [0.717, 1.165) is 38.4 Å². The molecule has 1 fully saturated rings. The second kappa shape index (κ2) is 10.5. The first-order chi connectivity index (χ1) is 13.3. The van der Waals surface area contributed by atoms with Crippen LogP contribution in [-0.2, 0) is 13.5 Å². The molecule has 1 saturated heterocycles.